The zero-order valence-corrected chi connectivity index (χ0v) is 20.0. The van der Waals surface area contributed by atoms with E-state index in [0.717, 1.165) is 37.9 Å². The van der Waals surface area contributed by atoms with E-state index in [1.165, 1.54) is 11.8 Å². The van der Waals surface area contributed by atoms with Crippen LogP contribution in [0.4, 0.5) is 10.5 Å². The number of ether oxygens (including phenoxy) is 1. The normalized spacial score (nSPS) is 29.6. The first kappa shape index (κ1) is 22.4. The van der Waals surface area contributed by atoms with E-state index in [1.54, 1.807) is 17.2 Å². The van der Waals surface area contributed by atoms with Gasteiger partial charge in [0.2, 0.25) is 5.88 Å². The number of nitrogens with zero attached hydrogens (tertiary/aromatic N) is 2. The van der Waals surface area contributed by atoms with Crippen molar-refractivity contribution in [2.75, 3.05) is 11.4 Å². The summed E-state index contributed by atoms with van der Waals surface area (Å²) in [5, 5.41) is 9.69. The van der Waals surface area contributed by atoms with Crippen molar-refractivity contribution in [2.24, 2.45) is 11.7 Å². The van der Waals surface area contributed by atoms with Crippen LogP contribution in [0.3, 0.4) is 0 Å². The van der Waals surface area contributed by atoms with Crippen LogP contribution in [0.1, 0.15) is 25.7 Å². The number of pyridine rings is 1. The van der Waals surface area contributed by atoms with Gasteiger partial charge in [0, 0.05) is 29.8 Å². The standard InChI is InChI=1S/C25H28N6O3S/c26-16-7-4-8-17(16)29-23(32)22-21-20-18(11-12-27-24(20)35-22)31(25(33)30-21)14-9-10-19(28-13-14)34-15-5-2-1-3-6-15/h1-3,5-6,9-10,13,16-18,20,24,27H,4,7-8,11-12,26H2,(H,29,32)(H,30,33)/t16-,17-,18?,20?,24?/m1/s1. The van der Waals surface area contributed by atoms with Crippen molar-refractivity contribution >= 4 is 29.4 Å². The molecule has 6 rings (SSSR count). The first-order valence-corrected chi connectivity index (χ1v) is 13.0. The predicted molar refractivity (Wildman–Crippen MR) is 134 cm³/mol. The number of hydrogen-bond acceptors (Lipinski definition) is 7. The fourth-order valence-corrected chi connectivity index (χ4v) is 6.91. The molecule has 5 N–H and O–H groups in total. The van der Waals surface area contributed by atoms with Gasteiger partial charge >= 0.3 is 6.03 Å². The monoisotopic (exact) mass is 492 g/mol. The maximum absolute atomic E-state index is 13.3. The maximum Gasteiger partial charge on any atom is 0.326 e. The van der Waals surface area contributed by atoms with E-state index < -0.39 is 0 Å². The third kappa shape index (κ3) is 4.15. The summed E-state index contributed by atoms with van der Waals surface area (Å²) < 4.78 is 5.80. The van der Waals surface area contributed by atoms with Crippen molar-refractivity contribution < 1.29 is 14.3 Å². The lowest BCUT2D eigenvalue weighted by Gasteiger charge is -2.45. The van der Waals surface area contributed by atoms with Gasteiger partial charge in [-0.2, -0.15) is 0 Å². The van der Waals surface area contributed by atoms with Crippen molar-refractivity contribution in [3.8, 4) is 11.6 Å². The lowest BCUT2D eigenvalue weighted by atomic mass is 9.86. The summed E-state index contributed by atoms with van der Waals surface area (Å²) in [5.74, 6) is 1.01. The van der Waals surface area contributed by atoms with Gasteiger partial charge in [-0.25, -0.2) is 9.78 Å². The van der Waals surface area contributed by atoms with E-state index in [9.17, 15) is 9.59 Å². The fraction of sp³-hybridized carbons (Fsp3) is 0.400. The Balaban J connectivity index is 1.23. The van der Waals surface area contributed by atoms with Gasteiger partial charge in [-0.15, -0.1) is 0 Å². The lowest BCUT2D eigenvalue weighted by Crippen LogP contribution is -2.62. The second-order valence-electron chi connectivity index (χ2n) is 9.36. The zero-order chi connectivity index (χ0) is 23.9. The summed E-state index contributed by atoms with van der Waals surface area (Å²) in [6, 6.07) is 12.7. The molecule has 35 heavy (non-hydrogen) atoms. The molecular formula is C25H28N6O3S. The molecule has 3 amide bonds. The van der Waals surface area contributed by atoms with Crippen LogP contribution in [-0.2, 0) is 4.79 Å². The number of carbonyl (C=O) groups is 2. The molecule has 5 atom stereocenters. The number of anilines is 1. The van der Waals surface area contributed by atoms with Crippen LogP contribution in [0.25, 0.3) is 0 Å². The number of hydrogen-bond donors (Lipinski definition) is 4. The summed E-state index contributed by atoms with van der Waals surface area (Å²) >= 11 is 1.51. The lowest BCUT2D eigenvalue weighted by molar-refractivity contribution is -0.117. The highest BCUT2D eigenvalue weighted by Gasteiger charge is 2.52. The van der Waals surface area contributed by atoms with Crippen LogP contribution in [0.2, 0.25) is 0 Å². The SMILES string of the molecule is N[C@@H]1CCC[C@H]1NC(=O)C1=C2NC(=O)N(c3ccc(Oc4ccccc4)nc3)C3CCNC(S1)C23. The number of amides is 3. The fourth-order valence-electron chi connectivity index (χ4n) is 5.51. The molecule has 1 aromatic heterocycles. The first-order chi connectivity index (χ1) is 17.1. The van der Waals surface area contributed by atoms with E-state index in [4.69, 9.17) is 10.5 Å². The molecule has 0 bridgehead atoms. The summed E-state index contributed by atoms with van der Waals surface area (Å²) in [4.78, 5) is 33.3. The van der Waals surface area contributed by atoms with Crippen LogP contribution in [0, 0.1) is 5.92 Å². The molecule has 0 spiro atoms. The van der Waals surface area contributed by atoms with Crippen LogP contribution in [0.15, 0.2) is 59.3 Å². The van der Waals surface area contributed by atoms with Crippen LogP contribution < -0.4 is 31.3 Å². The number of para-hydroxylation sites is 1. The van der Waals surface area contributed by atoms with Crippen molar-refractivity contribution in [2.45, 2.75) is 49.2 Å². The number of urea groups is 1. The molecule has 1 saturated carbocycles. The van der Waals surface area contributed by atoms with Gasteiger partial charge in [0.15, 0.2) is 0 Å². The Bertz CT molecular complexity index is 1160. The maximum atomic E-state index is 13.3. The van der Waals surface area contributed by atoms with Gasteiger partial charge in [-0.05, 0) is 50.4 Å². The van der Waals surface area contributed by atoms with Crippen molar-refractivity contribution in [3.05, 3.63) is 59.3 Å². The van der Waals surface area contributed by atoms with Crippen LogP contribution in [-0.4, -0.2) is 47.0 Å². The topological polar surface area (TPSA) is 122 Å². The summed E-state index contributed by atoms with van der Waals surface area (Å²) in [7, 11) is 0. The predicted octanol–water partition coefficient (Wildman–Crippen LogP) is 2.66. The average Bonchev–Trinajstić information content (AvgIpc) is 3.44. The molecule has 1 aromatic carbocycles. The van der Waals surface area contributed by atoms with Gasteiger partial charge in [0.05, 0.1) is 28.2 Å². The number of piperidine rings is 1. The minimum atomic E-state index is -0.245. The van der Waals surface area contributed by atoms with Gasteiger partial charge in [0.25, 0.3) is 5.91 Å². The van der Waals surface area contributed by atoms with Gasteiger partial charge in [-0.3, -0.25) is 9.69 Å². The first-order valence-electron chi connectivity index (χ1n) is 12.1. The number of aromatic nitrogens is 1. The Labute approximate surface area is 207 Å². The van der Waals surface area contributed by atoms with Gasteiger partial charge in [0.1, 0.15) is 5.75 Å². The highest BCUT2D eigenvalue weighted by molar-refractivity contribution is 8.04. The van der Waals surface area contributed by atoms with E-state index in [1.807, 2.05) is 36.4 Å². The summed E-state index contributed by atoms with van der Waals surface area (Å²) in [6.07, 6.45) is 5.29. The van der Waals surface area contributed by atoms with Crippen LogP contribution in [0.5, 0.6) is 11.6 Å². The Morgan fingerprint density at radius 1 is 1.17 bits per heavy atom. The van der Waals surface area contributed by atoms with Crippen molar-refractivity contribution in [1.29, 1.82) is 0 Å². The van der Waals surface area contributed by atoms with Crippen molar-refractivity contribution in [1.82, 2.24) is 20.9 Å². The number of rotatable bonds is 5. The largest absolute Gasteiger partial charge is 0.439 e. The molecule has 2 saturated heterocycles. The zero-order valence-electron chi connectivity index (χ0n) is 19.1. The number of thioether (sulfide) groups is 1. The number of carbonyl (C=O) groups excluding carboxylic acids is 2. The second kappa shape index (κ2) is 9.18. The molecular weight excluding hydrogens is 464 g/mol. The highest BCUT2D eigenvalue weighted by atomic mass is 32.2. The Hall–Kier alpha value is -3.08. The second-order valence-corrected chi connectivity index (χ2v) is 10.5. The average molecular weight is 493 g/mol. The third-order valence-electron chi connectivity index (χ3n) is 7.20. The number of benzene rings is 1. The minimum Gasteiger partial charge on any atom is -0.439 e. The molecule has 3 fully saturated rings. The number of nitrogens with one attached hydrogen (secondary N) is 3. The summed E-state index contributed by atoms with van der Waals surface area (Å²) in [5.41, 5.74) is 7.58. The molecule has 10 heteroatoms. The summed E-state index contributed by atoms with van der Waals surface area (Å²) in [6.45, 7) is 0.765. The number of nitrogens with two attached hydrogens (primary N) is 1. The minimum absolute atomic E-state index is 0.00954. The molecule has 4 heterocycles. The Morgan fingerprint density at radius 3 is 2.77 bits per heavy atom. The quantitative estimate of drug-likeness (QED) is 0.506. The van der Waals surface area contributed by atoms with E-state index in [2.05, 4.69) is 20.9 Å². The molecule has 4 aliphatic rings. The molecule has 182 valence electrons. The van der Waals surface area contributed by atoms with Crippen molar-refractivity contribution in [3.63, 3.8) is 0 Å². The molecule has 3 aliphatic heterocycles. The highest BCUT2D eigenvalue weighted by Crippen LogP contribution is 2.48. The molecule has 1 aliphatic carbocycles. The van der Waals surface area contributed by atoms with E-state index in [-0.39, 0.29) is 41.4 Å². The van der Waals surface area contributed by atoms with Crippen LogP contribution >= 0.6 is 11.8 Å². The Kier molecular flexibility index (Phi) is 5.87. The molecule has 0 radical (unpaired) electrons. The Morgan fingerprint density at radius 2 is 2.03 bits per heavy atom. The smallest absolute Gasteiger partial charge is 0.326 e. The van der Waals surface area contributed by atoms with E-state index in [0.29, 0.717) is 22.2 Å². The van der Waals surface area contributed by atoms with Gasteiger partial charge < -0.3 is 26.4 Å². The molecule has 9 nitrogen and oxygen atoms in total. The molecule has 2 aromatic rings. The van der Waals surface area contributed by atoms with Gasteiger partial charge in [-0.1, -0.05) is 30.0 Å². The third-order valence-corrected chi connectivity index (χ3v) is 8.55. The van der Waals surface area contributed by atoms with E-state index >= 15 is 0 Å². The molecule has 3 unspecified atom stereocenters.